The van der Waals surface area contributed by atoms with Crippen molar-refractivity contribution in [2.75, 3.05) is 13.7 Å². The summed E-state index contributed by atoms with van der Waals surface area (Å²) >= 11 is 12.4. The van der Waals surface area contributed by atoms with Crippen molar-refractivity contribution in [3.8, 4) is 11.5 Å². The predicted molar refractivity (Wildman–Crippen MR) is 130 cm³/mol. The number of methoxy groups -OCH3 is 1. The lowest BCUT2D eigenvalue weighted by atomic mass is 9.95. The first-order valence-corrected chi connectivity index (χ1v) is 11.9. The highest BCUT2D eigenvalue weighted by Gasteiger charge is 2.29. The van der Waals surface area contributed by atoms with Crippen molar-refractivity contribution in [3.63, 3.8) is 0 Å². The first kappa shape index (κ1) is 25.2. The van der Waals surface area contributed by atoms with Crippen molar-refractivity contribution in [2.45, 2.75) is 57.7 Å². The molecule has 1 saturated carbocycles. The number of amides is 2. The van der Waals surface area contributed by atoms with E-state index in [1.54, 1.807) is 56.5 Å². The fourth-order valence-electron chi connectivity index (χ4n) is 3.88. The van der Waals surface area contributed by atoms with Gasteiger partial charge in [0.25, 0.3) is 5.91 Å². The average Bonchev–Trinajstić information content (AvgIpc) is 2.82. The van der Waals surface area contributed by atoms with Crippen molar-refractivity contribution < 1.29 is 19.1 Å². The molecule has 1 atom stereocenters. The van der Waals surface area contributed by atoms with Crippen LogP contribution in [0.25, 0.3) is 0 Å². The van der Waals surface area contributed by atoms with Crippen molar-refractivity contribution in [2.24, 2.45) is 0 Å². The molecule has 33 heavy (non-hydrogen) atoms. The maximum Gasteiger partial charge on any atom is 0.261 e. The van der Waals surface area contributed by atoms with Gasteiger partial charge in [0, 0.05) is 22.6 Å². The Morgan fingerprint density at radius 1 is 1.06 bits per heavy atom. The standard InChI is InChI=1S/C25H30Cl2N2O4/c1-17(25(31)28-20-6-4-3-5-7-20)29(15-18-8-9-19(26)14-23(18)27)24(30)16-33-22-12-10-21(32-2)11-13-22/h8-14,17,20H,3-7,15-16H2,1-2H3,(H,28,31)/t17-/m1/s1. The van der Waals surface area contributed by atoms with Crippen molar-refractivity contribution in [1.82, 2.24) is 10.2 Å². The molecule has 0 aliphatic heterocycles. The average molecular weight is 493 g/mol. The SMILES string of the molecule is COc1ccc(OCC(=O)N(Cc2ccc(Cl)cc2Cl)[C@H](C)C(=O)NC2CCCCC2)cc1. The third-order valence-corrected chi connectivity index (χ3v) is 6.48. The first-order chi connectivity index (χ1) is 15.9. The Balaban J connectivity index is 1.72. The second-order valence-electron chi connectivity index (χ2n) is 8.24. The summed E-state index contributed by atoms with van der Waals surface area (Å²) in [4.78, 5) is 27.7. The minimum absolute atomic E-state index is 0.153. The van der Waals surface area contributed by atoms with E-state index in [1.807, 2.05) is 0 Å². The van der Waals surface area contributed by atoms with Crippen molar-refractivity contribution in [1.29, 1.82) is 0 Å². The molecule has 0 aromatic heterocycles. The van der Waals surface area contributed by atoms with Crippen molar-refractivity contribution >= 4 is 35.0 Å². The maximum atomic E-state index is 13.2. The van der Waals surface area contributed by atoms with E-state index >= 15 is 0 Å². The Kier molecular flexibility index (Phi) is 9.27. The molecule has 0 saturated heterocycles. The topological polar surface area (TPSA) is 67.9 Å². The lowest BCUT2D eigenvalue weighted by Crippen LogP contribution is -2.51. The highest BCUT2D eigenvalue weighted by Crippen LogP contribution is 2.24. The number of halogens is 2. The summed E-state index contributed by atoms with van der Waals surface area (Å²) < 4.78 is 10.8. The van der Waals surface area contributed by atoms with Gasteiger partial charge in [-0.15, -0.1) is 0 Å². The lowest BCUT2D eigenvalue weighted by molar-refractivity contribution is -0.142. The van der Waals surface area contributed by atoms with Crippen LogP contribution in [0.2, 0.25) is 10.0 Å². The van der Waals surface area contributed by atoms with Gasteiger partial charge < -0.3 is 19.7 Å². The Morgan fingerprint density at radius 3 is 2.36 bits per heavy atom. The monoisotopic (exact) mass is 492 g/mol. The van der Waals surface area contributed by atoms with E-state index in [0.717, 1.165) is 25.7 Å². The fourth-order valence-corrected chi connectivity index (χ4v) is 4.35. The van der Waals surface area contributed by atoms with Crippen LogP contribution in [-0.2, 0) is 16.1 Å². The molecule has 8 heteroatoms. The van der Waals surface area contributed by atoms with E-state index in [-0.39, 0.29) is 31.0 Å². The molecular weight excluding hydrogens is 463 g/mol. The van der Waals surface area contributed by atoms with Gasteiger partial charge in [-0.1, -0.05) is 48.5 Å². The molecule has 2 aromatic carbocycles. The minimum Gasteiger partial charge on any atom is -0.497 e. The van der Waals surface area contributed by atoms with E-state index in [9.17, 15) is 9.59 Å². The van der Waals surface area contributed by atoms with Crippen LogP contribution in [0.5, 0.6) is 11.5 Å². The number of nitrogens with one attached hydrogen (secondary N) is 1. The third-order valence-electron chi connectivity index (χ3n) is 5.90. The van der Waals surface area contributed by atoms with Gasteiger partial charge >= 0.3 is 0 Å². The lowest BCUT2D eigenvalue weighted by Gasteiger charge is -2.31. The second kappa shape index (κ2) is 12.1. The summed E-state index contributed by atoms with van der Waals surface area (Å²) in [5, 5.41) is 4.06. The molecule has 0 radical (unpaired) electrons. The van der Waals surface area contributed by atoms with Gasteiger partial charge in [-0.25, -0.2) is 0 Å². The van der Waals surface area contributed by atoms with Crippen LogP contribution in [0.3, 0.4) is 0 Å². The molecule has 0 heterocycles. The van der Waals surface area contributed by atoms with Crippen molar-refractivity contribution in [3.05, 3.63) is 58.1 Å². The predicted octanol–water partition coefficient (Wildman–Crippen LogP) is 5.25. The number of carbonyl (C=O) groups excluding carboxylic acids is 2. The molecule has 0 unspecified atom stereocenters. The summed E-state index contributed by atoms with van der Waals surface area (Å²) in [7, 11) is 1.58. The number of benzene rings is 2. The fraction of sp³-hybridized carbons (Fsp3) is 0.440. The molecule has 6 nitrogen and oxygen atoms in total. The molecule has 0 spiro atoms. The van der Waals surface area contributed by atoms with Crippen LogP contribution in [0.1, 0.15) is 44.6 Å². The zero-order valence-corrected chi connectivity index (χ0v) is 20.5. The smallest absolute Gasteiger partial charge is 0.261 e. The molecule has 1 aliphatic carbocycles. The van der Waals surface area contributed by atoms with E-state index in [4.69, 9.17) is 32.7 Å². The minimum atomic E-state index is -0.689. The van der Waals surface area contributed by atoms with E-state index < -0.39 is 6.04 Å². The molecule has 1 N–H and O–H groups in total. The largest absolute Gasteiger partial charge is 0.497 e. The van der Waals surface area contributed by atoms with E-state index in [0.29, 0.717) is 27.1 Å². The summed E-state index contributed by atoms with van der Waals surface area (Å²) in [6.45, 7) is 1.69. The third kappa shape index (κ3) is 7.27. The van der Waals surface area contributed by atoms with E-state index in [2.05, 4.69) is 5.32 Å². The highest BCUT2D eigenvalue weighted by molar-refractivity contribution is 6.35. The molecule has 1 aliphatic rings. The number of rotatable bonds is 9. The molecule has 0 bridgehead atoms. The van der Waals surface area contributed by atoms with Crippen LogP contribution in [-0.4, -0.2) is 42.5 Å². The number of ether oxygens (including phenoxy) is 2. The molecule has 3 rings (SSSR count). The van der Waals surface area contributed by atoms with Gasteiger partial charge in [0.05, 0.1) is 7.11 Å². The summed E-state index contributed by atoms with van der Waals surface area (Å²) in [6.07, 6.45) is 5.35. The molecule has 178 valence electrons. The zero-order chi connectivity index (χ0) is 23.8. The summed E-state index contributed by atoms with van der Waals surface area (Å²) in [5.41, 5.74) is 0.705. The molecular formula is C25H30Cl2N2O4. The van der Waals surface area contributed by atoms with Crippen LogP contribution < -0.4 is 14.8 Å². The normalized spacial score (nSPS) is 14.9. The summed E-state index contributed by atoms with van der Waals surface area (Å²) in [6, 6.07) is 11.5. The number of hydrogen-bond donors (Lipinski definition) is 1. The number of nitrogens with zero attached hydrogens (tertiary/aromatic N) is 1. The van der Waals surface area contributed by atoms with Crippen LogP contribution >= 0.6 is 23.2 Å². The molecule has 2 amide bonds. The number of carbonyl (C=O) groups is 2. The number of hydrogen-bond acceptors (Lipinski definition) is 4. The Labute approximate surface area is 205 Å². The molecule has 2 aromatic rings. The Morgan fingerprint density at radius 2 is 1.73 bits per heavy atom. The molecule has 1 fully saturated rings. The van der Waals surface area contributed by atoms with Gasteiger partial charge in [0.15, 0.2) is 6.61 Å². The van der Waals surface area contributed by atoms with Gasteiger partial charge in [0.1, 0.15) is 17.5 Å². The Bertz CT molecular complexity index is 946. The quantitative estimate of drug-likeness (QED) is 0.519. The van der Waals surface area contributed by atoms with Crippen LogP contribution in [0, 0.1) is 0 Å². The van der Waals surface area contributed by atoms with Crippen LogP contribution in [0.4, 0.5) is 0 Å². The van der Waals surface area contributed by atoms with E-state index in [1.165, 1.54) is 11.3 Å². The van der Waals surface area contributed by atoms with Gasteiger partial charge in [-0.05, 0) is 61.7 Å². The van der Waals surface area contributed by atoms with Crippen LogP contribution in [0.15, 0.2) is 42.5 Å². The van der Waals surface area contributed by atoms with Gasteiger partial charge in [0.2, 0.25) is 5.91 Å². The van der Waals surface area contributed by atoms with Gasteiger partial charge in [-0.3, -0.25) is 9.59 Å². The first-order valence-electron chi connectivity index (χ1n) is 11.2. The summed E-state index contributed by atoms with van der Waals surface area (Å²) in [5.74, 6) is 0.738. The zero-order valence-electron chi connectivity index (χ0n) is 19.0. The van der Waals surface area contributed by atoms with Gasteiger partial charge in [-0.2, -0.15) is 0 Å². The Hall–Kier alpha value is -2.44. The highest BCUT2D eigenvalue weighted by atomic mass is 35.5. The second-order valence-corrected chi connectivity index (χ2v) is 9.08. The maximum absolute atomic E-state index is 13.2.